The fourth-order valence-corrected chi connectivity index (χ4v) is 5.07. The van der Waals surface area contributed by atoms with Gasteiger partial charge < -0.3 is 14.7 Å². The molecule has 7 nitrogen and oxygen atoms in total. The number of hydrogen-bond acceptors (Lipinski definition) is 4. The van der Waals surface area contributed by atoms with Crippen molar-refractivity contribution in [3.05, 3.63) is 95.7 Å². The Morgan fingerprint density at radius 2 is 1.83 bits per heavy atom. The van der Waals surface area contributed by atoms with E-state index < -0.39 is 46.2 Å². The molecule has 0 aliphatic heterocycles. The molecule has 0 spiro atoms. The third-order valence-corrected chi connectivity index (χ3v) is 6.77. The molecular formula is C23H12ClF4N3O4S. The predicted octanol–water partition coefficient (Wildman–Crippen LogP) is 5.25. The van der Waals surface area contributed by atoms with E-state index in [0.29, 0.717) is 10.6 Å². The van der Waals surface area contributed by atoms with Gasteiger partial charge >= 0.3 is 17.8 Å². The van der Waals surface area contributed by atoms with Crippen LogP contribution in [0.4, 0.5) is 17.6 Å². The molecule has 5 aromatic rings. The number of nitrogens with one attached hydrogen (secondary N) is 1. The zero-order valence-corrected chi connectivity index (χ0v) is 19.3. The van der Waals surface area contributed by atoms with Crippen molar-refractivity contribution in [2.45, 2.75) is 12.7 Å². The number of halogens is 5. The van der Waals surface area contributed by atoms with Crippen LogP contribution in [0.2, 0.25) is 5.02 Å². The van der Waals surface area contributed by atoms with Crippen LogP contribution >= 0.6 is 22.9 Å². The van der Waals surface area contributed by atoms with Crippen molar-refractivity contribution in [2.75, 3.05) is 0 Å². The number of thiophene rings is 1. The summed E-state index contributed by atoms with van der Waals surface area (Å²) in [5, 5.41) is 12.8. The number of aromatic carboxylic acids is 1. The predicted molar refractivity (Wildman–Crippen MR) is 126 cm³/mol. The smallest absolute Gasteiger partial charge is 0.416 e. The van der Waals surface area contributed by atoms with E-state index in [-0.39, 0.29) is 38.9 Å². The first-order valence-corrected chi connectivity index (χ1v) is 11.4. The third kappa shape index (κ3) is 3.78. The minimum Gasteiger partial charge on any atom is -0.477 e. The maximum Gasteiger partial charge on any atom is 0.416 e. The van der Waals surface area contributed by atoms with Crippen molar-refractivity contribution >= 4 is 50.7 Å². The fourth-order valence-electron chi connectivity index (χ4n) is 4.09. The molecule has 2 N–H and O–H groups in total. The zero-order valence-electron chi connectivity index (χ0n) is 17.7. The van der Waals surface area contributed by atoms with Crippen molar-refractivity contribution in [3.63, 3.8) is 0 Å². The van der Waals surface area contributed by atoms with Crippen molar-refractivity contribution in [1.82, 2.24) is 14.1 Å². The lowest BCUT2D eigenvalue weighted by Crippen LogP contribution is -2.34. The van der Waals surface area contributed by atoms with Crippen LogP contribution in [0, 0.1) is 5.82 Å². The largest absolute Gasteiger partial charge is 0.477 e. The van der Waals surface area contributed by atoms with Gasteiger partial charge in [-0.05, 0) is 35.9 Å². The van der Waals surface area contributed by atoms with Gasteiger partial charge in [0.05, 0.1) is 27.7 Å². The quantitative estimate of drug-likeness (QED) is 0.306. The number of aromatic nitrogens is 3. The van der Waals surface area contributed by atoms with Gasteiger partial charge in [-0.1, -0.05) is 17.7 Å². The van der Waals surface area contributed by atoms with Gasteiger partial charge in [-0.25, -0.2) is 18.5 Å². The first kappa shape index (κ1) is 23.8. The molecule has 0 fully saturated rings. The Balaban J connectivity index is 1.92. The molecule has 3 aromatic heterocycles. The fraction of sp³-hybridized carbons (Fsp3) is 0.0870. The van der Waals surface area contributed by atoms with E-state index in [1.807, 2.05) is 0 Å². The molecule has 184 valence electrons. The van der Waals surface area contributed by atoms with E-state index in [9.17, 15) is 37.1 Å². The lowest BCUT2D eigenvalue weighted by molar-refractivity contribution is -0.137. The molecule has 0 radical (unpaired) electrons. The lowest BCUT2D eigenvalue weighted by Gasteiger charge is -2.11. The SMILES string of the molecule is O=C(O)c1c(-n2c(=O)[nH]c3cscc3c2=O)c2cc(C(F)(F)F)ccc2n1Cc1ccc(F)cc1Cl. The molecule has 13 heteroatoms. The number of rotatable bonds is 4. The average Bonchev–Trinajstić information content (AvgIpc) is 3.38. The van der Waals surface area contributed by atoms with Crippen LogP contribution in [0.3, 0.4) is 0 Å². The van der Waals surface area contributed by atoms with E-state index in [1.165, 1.54) is 16.8 Å². The van der Waals surface area contributed by atoms with Crippen LogP contribution in [-0.4, -0.2) is 25.2 Å². The first-order chi connectivity index (χ1) is 17.0. The minimum atomic E-state index is -4.79. The topological polar surface area (TPSA) is 97.1 Å². The monoisotopic (exact) mass is 537 g/mol. The van der Waals surface area contributed by atoms with Crippen LogP contribution in [0.1, 0.15) is 21.6 Å². The van der Waals surface area contributed by atoms with Gasteiger partial charge in [-0.15, -0.1) is 11.3 Å². The van der Waals surface area contributed by atoms with Crippen molar-refractivity contribution in [2.24, 2.45) is 0 Å². The molecule has 0 saturated carbocycles. The zero-order chi connectivity index (χ0) is 25.9. The summed E-state index contributed by atoms with van der Waals surface area (Å²) in [4.78, 5) is 41.1. The second kappa shape index (κ2) is 8.35. The molecule has 3 heterocycles. The van der Waals surface area contributed by atoms with E-state index in [1.54, 1.807) is 0 Å². The van der Waals surface area contributed by atoms with Crippen LogP contribution in [0.25, 0.3) is 27.5 Å². The van der Waals surface area contributed by atoms with E-state index in [2.05, 4.69) is 4.98 Å². The summed E-state index contributed by atoms with van der Waals surface area (Å²) in [6.45, 7) is -0.296. The number of nitrogens with zero attached hydrogens (tertiary/aromatic N) is 2. The molecule has 0 amide bonds. The van der Waals surface area contributed by atoms with Gasteiger partial charge in [0.2, 0.25) is 0 Å². The molecule has 0 atom stereocenters. The van der Waals surface area contributed by atoms with Gasteiger partial charge in [0.25, 0.3) is 5.56 Å². The molecule has 5 rings (SSSR count). The molecule has 36 heavy (non-hydrogen) atoms. The Kier molecular flexibility index (Phi) is 5.52. The number of alkyl halides is 3. The van der Waals surface area contributed by atoms with Gasteiger partial charge in [-0.3, -0.25) is 4.79 Å². The lowest BCUT2D eigenvalue weighted by atomic mass is 10.1. The molecule has 0 unspecified atom stereocenters. The molecule has 0 saturated heterocycles. The molecule has 0 aliphatic carbocycles. The number of carboxylic acid groups (broad SMARTS) is 1. The number of hydrogen-bond donors (Lipinski definition) is 2. The molecule has 0 aliphatic rings. The summed E-state index contributed by atoms with van der Waals surface area (Å²) < 4.78 is 55.9. The van der Waals surface area contributed by atoms with Crippen molar-refractivity contribution in [3.8, 4) is 5.69 Å². The molecule has 2 aromatic carbocycles. The highest BCUT2D eigenvalue weighted by atomic mass is 35.5. The Bertz CT molecular complexity index is 1820. The van der Waals surface area contributed by atoms with Gasteiger partial charge in [0.1, 0.15) is 5.82 Å². The van der Waals surface area contributed by atoms with E-state index in [0.717, 1.165) is 40.2 Å². The van der Waals surface area contributed by atoms with E-state index >= 15 is 0 Å². The number of benzene rings is 2. The Hall–Kier alpha value is -3.90. The van der Waals surface area contributed by atoms with E-state index in [4.69, 9.17) is 11.6 Å². The average molecular weight is 538 g/mol. The Labute approximate surface area is 206 Å². The van der Waals surface area contributed by atoms with Crippen molar-refractivity contribution < 1.29 is 27.5 Å². The summed E-state index contributed by atoms with van der Waals surface area (Å²) >= 11 is 7.23. The Morgan fingerprint density at radius 3 is 2.50 bits per heavy atom. The second-order valence-electron chi connectivity index (χ2n) is 7.82. The maximum atomic E-state index is 13.6. The number of fused-ring (bicyclic) bond motifs is 2. The van der Waals surface area contributed by atoms with Gasteiger partial charge in [0.15, 0.2) is 5.69 Å². The summed E-state index contributed by atoms with van der Waals surface area (Å²) in [6.07, 6.45) is -4.79. The Morgan fingerprint density at radius 1 is 1.08 bits per heavy atom. The highest BCUT2D eigenvalue weighted by molar-refractivity contribution is 7.09. The third-order valence-electron chi connectivity index (χ3n) is 5.67. The number of carboxylic acids is 1. The first-order valence-electron chi connectivity index (χ1n) is 10.1. The summed E-state index contributed by atoms with van der Waals surface area (Å²) in [6, 6.07) is 5.89. The van der Waals surface area contributed by atoms with Crippen LogP contribution in [0.5, 0.6) is 0 Å². The van der Waals surface area contributed by atoms with Crippen LogP contribution in [-0.2, 0) is 12.7 Å². The standard InChI is InChI=1S/C23H12ClF4N3O4S/c24-15-6-12(25)3-1-10(15)7-30-17-4-2-11(23(26,27)28)5-13(17)18(19(30)21(33)34)31-20(32)14-8-36-9-16(14)29-22(31)35/h1-6,8-9H,7H2,(H,29,35)(H,33,34). The van der Waals surface area contributed by atoms with Gasteiger partial charge in [-0.2, -0.15) is 13.2 Å². The van der Waals surface area contributed by atoms with Gasteiger partial charge in [0, 0.05) is 27.7 Å². The maximum absolute atomic E-state index is 13.6. The number of aromatic amines is 1. The summed E-state index contributed by atoms with van der Waals surface area (Å²) in [7, 11) is 0. The number of carbonyl (C=O) groups is 1. The summed E-state index contributed by atoms with van der Waals surface area (Å²) in [5.41, 5.74) is -3.70. The highest BCUT2D eigenvalue weighted by Crippen LogP contribution is 2.36. The number of H-pyrrole nitrogens is 1. The summed E-state index contributed by atoms with van der Waals surface area (Å²) in [5.74, 6) is -2.25. The highest BCUT2D eigenvalue weighted by Gasteiger charge is 2.33. The minimum absolute atomic E-state index is 0.00694. The second-order valence-corrected chi connectivity index (χ2v) is 8.97. The van der Waals surface area contributed by atoms with Crippen LogP contribution in [0.15, 0.2) is 56.7 Å². The van der Waals surface area contributed by atoms with Crippen molar-refractivity contribution in [1.29, 1.82) is 0 Å². The molecular weight excluding hydrogens is 526 g/mol. The normalized spacial score (nSPS) is 12.0. The molecule has 0 bridgehead atoms. The van der Waals surface area contributed by atoms with Crippen LogP contribution < -0.4 is 11.2 Å².